The highest BCUT2D eigenvalue weighted by Crippen LogP contribution is 2.43. The number of carbonyl (C=O) groups is 1. The number of aromatic nitrogens is 3. The van der Waals surface area contributed by atoms with Gasteiger partial charge in [0.25, 0.3) is 5.22 Å². The minimum absolute atomic E-state index is 0.201. The summed E-state index contributed by atoms with van der Waals surface area (Å²) in [4.78, 5) is 12.0. The Kier molecular flexibility index (Phi) is 7.56. The van der Waals surface area contributed by atoms with Gasteiger partial charge in [-0.3, -0.25) is 5.32 Å². The molecule has 0 spiro atoms. The van der Waals surface area contributed by atoms with Crippen LogP contribution in [0.1, 0.15) is 50.6 Å². The van der Waals surface area contributed by atoms with Crippen molar-refractivity contribution in [2.45, 2.75) is 57.4 Å². The number of carbonyl (C=O) groups excluding carboxylic acids is 1. The smallest absolute Gasteiger partial charge is 0.411 e. The zero-order valence-corrected chi connectivity index (χ0v) is 22.4. The van der Waals surface area contributed by atoms with Gasteiger partial charge in [0.15, 0.2) is 0 Å². The van der Waals surface area contributed by atoms with Crippen molar-refractivity contribution >= 4 is 34.4 Å². The largest absolute Gasteiger partial charge is 0.493 e. The molecule has 0 saturated heterocycles. The number of anilines is 1. The maximum absolute atomic E-state index is 12.0. The van der Waals surface area contributed by atoms with Crippen molar-refractivity contribution in [1.82, 2.24) is 14.8 Å². The van der Waals surface area contributed by atoms with Gasteiger partial charge in [0.2, 0.25) is 5.89 Å². The Morgan fingerprint density at radius 3 is 2.66 bits per heavy atom. The van der Waals surface area contributed by atoms with E-state index in [4.69, 9.17) is 13.9 Å². The zero-order chi connectivity index (χ0) is 26.6. The van der Waals surface area contributed by atoms with Gasteiger partial charge in [-0.1, -0.05) is 23.9 Å². The van der Waals surface area contributed by atoms with Gasteiger partial charge in [-0.2, -0.15) is 5.26 Å². The second kappa shape index (κ2) is 11.2. The van der Waals surface area contributed by atoms with Crippen molar-refractivity contribution in [2.24, 2.45) is 0 Å². The van der Waals surface area contributed by atoms with Crippen LogP contribution in [-0.4, -0.2) is 39.3 Å². The number of thioether (sulfide) groups is 1. The number of nitrogens with one attached hydrogen (secondary N) is 1. The Balaban J connectivity index is 1.41. The van der Waals surface area contributed by atoms with Crippen molar-refractivity contribution in [2.75, 3.05) is 17.7 Å². The van der Waals surface area contributed by atoms with Gasteiger partial charge >= 0.3 is 6.09 Å². The lowest BCUT2D eigenvalue weighted by Crippen LogP contribution is -2.18. The summed E-state index contributed by atoms with van der Waals surface area (Å²) in [5, 5.41) is 22.2. The summed E-state index contributed by atoms with van der Waals surface area (Å²) in [5.74, 6) is 1.96. The second-order valence-corrected chi connectivity index (χ2v) is 10.5. The number of hydrogen-bond donors (Lipinski definition) is 1. The molecule has 0 aliphatic heterocycles. The van der Waals surface area contributed by atoms with E-state index in [1.807, 2.05) is 42.5 Å². The number of nitriles is 1. The number of ether oxygens (including phenoxy) is 2. The Labute approximate surface area is 225 Å². The van der Waals surface area contributed by atoms with Crippen LogP contribution in [0.4, 0.5) is 10.5 Å². The molecule has 0 atom stereocenters. The number of amides is 1. The molecule has 1 aliphatic rings. The van der Waals surface area contributed by atoms with Gasteiger partial charge in [0.05, 0.1) is 29.5 Å². The van der Waals surface area contributed by atoms with Crippen LogP contribution in [0.25, 0.3) is 22.2 Å². The molecular weight excluding hydrogens is 502 g/mol. The lowest BCUT2D eigenvalue weighted by atomic mass is 9.92. The van der Waals surface area contributed by atoms with E-state index in [1.165, 1.54) is 11.8 Å². The van der Waals surface area contributed by atoms with Gasteiger partial charge in [-0.05, 0) is 62.9 Å². The molecule has 0 unspecified atom stereocenters. The summed E-state index contributed by atoms with van der Waals surface area (Å²) in [6.07, 6.45) is 2.59. The highest BCUT2D eigenvalue weighted by atomic mass is 32.2. The molecule has 2 aromatic heterocycles. The van der Waals surface area contributed by atoms with E-state index in [9.17, 15) is 10.1 Å². The van der Waals surface area contributed by atoms with Crippen LogP contribution >= 0.6 is 11.8 Å². The highest BCUT2D eigenvalue weighted by molar-refractivity contribution is 7.99. The Morgan fingerprint density at radius 2 is 2.03 bits per heavy atom. The monoisotopic (exact) mass is 531 g/mol. The standard InChI is InChI=1S/C28H29N5O4S/c1-17(2)36-27(34)30-20-9-7-19(8-10-20)26-24(16-29)23-12-11-22(15-25(23)33(26)21-5-4-6-21)35-13-14-38-28-32-31-18(3)37-28/h7-12,15,17,21H,4-6,13-14H2,1-3H3,(H,30,34). The van der Waals surface area contributed by atoms with E-state index in [0.29, 0.717) is 40.8 Å². The van der Waals surface area contributed by atoms with Crippen LogP contribution < -0.4 is 10.1 Å². The molecular formula is C28H29N5O4S. The zero-order valence-electron chi connectivity index (χ0n) is 21.6. The fourth-order valence-electron chi connectivity index (χ4n) is 4.50. The summed E-state index contributed by atoms with van der Waals surface area (Å²) in [6, 6.07) is 16.2. The fraction of sp³-hybridized carbons (Fsp3) is 0.357. The predicted octanol–water partition coefficient (Wildman–Crippen LogP) is 6.72. The highest BCUT2D eigenvalue weighted by Gasteiger charge is 2.28. The molecule has 9 nitrogen and oxygen atoms in total. The van der Waals surface area contributed by atoms with E-state index in [0.717, 1.165) is 47.2 Å². The minimum Gasteiger partial charge on any atom is -0.493 e. The first-order chi connectivity index (χ1) is 18.4. The van der Waals surface area contributed by atoms with Crippen LogP contribution in [0.5, 0.6) is 5.75 Å². The number of hydrogen-bond acceptors (Lipinski definition) is 8. The lowest BCUT2D eigenvalue weighted by molar-refractivity contribution is 0.130. The third kappa shape index (κ3) is 5.48. The van der Waals surface area contributed by atoms with Crippen LogP contribution in [-0.2, 0) is 4.74 Å². The van der Waals surface area contributed by atoms with Crippen LogP contribution in [0, 0.1) is 18.3 Å². The molecule has 0 bridgehead atoms. The summed E-state index contributed by atoms with van der Waals surface area (Å²) in [7, 11) is 0. The maximum atomic E-state index is 12.0. The van der Waals surface area contributed by atoms with E-state index in [-0.39, 0.29) is 6.10 Å². The number of nitrogens with zero attached hydrogens (tertiary/aromatic N) is 4. The van der Waals surface area contributed by atoms with Crippen LogP contribution in [0.2, 0.25) is 0 Å². The van der Waals surface area contributed by atoms with Gasteiger partial charge in [0, 0.05) is 35.9 Å². The summed E-state index contributed by atoms with van der Waals surface area (Å²) >= 11 is 1.45. The third-order valence-electron chi connectivity index (χ3n) is 6.36. The average Bonchev–Trinajstić information content (AvgIpc) is 3.41. The molecule has 2 heterocycles. The van der Waals surface area contributed by atoms with E-state index < -0.39 is 6.09 Å². The van der Waals surface area contributed by atoms with E-state index in [2.05, 4.69) is 26.2 Å². The quantitative estimate of drug-likeness (QED) is 0.187. The molecule has 2 aromatic carbocycles. The normalized spacial score (nSPS) is 13.3. The second-order valence-electron chi connectivity index (χ2n) is 9.41. The molecule has 1 aliphatic carbocycles. The Morgan fingerprint density at radius 1 is 1.24 bits per heavy atom. The topological polar surface area (TPSA) is 115 Å². The van der Waals surface area contributed by atoms with Crippen molar-refractivity contribution in [1.29, 1.82) is 5.26 Å². The summed E-state index contributed by atoms with van der Waals surface area (Å²) in [6.45, 7) is 5.85. The first-order valence-corrected chi connectivity index (χ1v) is 13.6. The predicted molar refractivity (Wildman–Crippen MR) is 145 cm³/mol. The van der Waals surface area contributed by atoms with Gasteiger partial charge in [0.1, 0.15) is 11.8 Å². The molecule has 1 N–H and O–H groups in total. The summed E-state index contributed by atoms with van der Waals surface area (Å²) < 4.78 is 18.9. The number of fused-ring (bicyclic) bond motifs is 1. The first kappa shape index (κ1) is 25.7. The van der Waals surface area contributed by atoms with Gasteiger partial charge in [-0.15, -0.1) is 10.2 Å². The summed E-state index contributed by atoms with van der Waals surface area (Å²) in [5.41, 5.74) is 4.07. The number of benzene rings is 2. The van der Waals surface area contributed by atoms with Gasteiger partial charge < -0.3 is 18.5 Å². The molecule has 5 rings (SSSR count). The minimum atomic E-state index is -0.493. The molecule has 1 saturated carbocycles. The molecule has 1 amide bonds. The van der Waals surface area contributed by atoms with Crippen molar-refractivity contribution in [3.8, 4) is 23.1 Å². The van der Waals surface area contributed by atoms with Crippen LogP contribution in [0.3, 0.4) is 0 Å². The van der Waals surface area contributed by atoms with Crippen molar-refractivity contribution < 1.29 is 18.7 Å². The van der Waals surface area contributed by atoms with Gasteiger partial charge in [-0.25, -0.2) is 4.79 Å². The van der Waals surface area contributed by atoms with Crippen LogP contribution in [0.15, 0.2) is 52.1 Å². The fourth-order valence-corrected chi connectivity index (χ4v) is 5.12. The average molecular weight is 532 g/mol. The maximum Gasteiger partial charge on any atom is 0.411 e. The van der Waals surface area contributed by atoms with E-state index in [1.54, 1.807) is 20.8 Å². The molecule has 38 heavy (non-hydrogen) atoms. The molecule has 0 radical (unpaired) electrons. The number of aryl methyl sites for hydroxylation is 1. The van der Waals surface area contributed by atoms with E-state index >= 15 is 0 Å². The molecule has 1 fully saturated rings. The number of rotatable bonds is 9. The SMILES string of the molecule is Cc1nnc(SCCOc2ccc3c(C#N)c(-c4ccc(NC(=O)OC(C)C)cc4)n(C4CCC4)c3c2)o1. The molecule has 10 heteroatoms. The first-order valence-electron chi connectivity index (χ1n) is 12.6. The Bertz CT molecular complexity index is 1480. The third-order valence-corrected chi connectivity index (χ3v) is 7.14. The van der Waals surface area contributed by atoms with Crippen molar-refractivity contribution in [3.05, 3.63) is 53.9 Å². The van der Waals surface area contributed by atoms with Crippen molar-refractivity contribution in [3.63, 3.8) is 0 Å². The Hall–Kier alpha value is -3.97. The molecule has 4 aromatic rings. The lowest BCUT2D eigenvalue weighted by Gasteiger charge is -2.30. The molecule has 196 valence electrons.